The van der Waals surface area contributed by atoms with Crippen molar-refractivity contribution in [3.8, 4) is 0 Å². The van der Waals surface area contributed by atoms with Gasteiger partial charge >= 0.3 is 6.18 Å². The van der Waals surface area contributed by atoms with Crippen molar-refractivity contribution in [1.29, 1.82) is 0 Å². The Morgan fingerprint density at radius 3 is 2.43 bits per heavy atom. The minimum Gasteiger partial charge on any atom is -0.354 e. The molecule has 2 aromatic rings. The third-order valence-corrected chi connectivity index (χ3v) is 6.38. The van der Waals surface area contributed by atoms with Gasteiger partial charge in [0.15, 0.2) is 0 Å². The molecule has 1 aliphatic heterocycles. The van der Waals surface area contributed by atoms with E-state index in [1.54, 1.807) is 4.90 Å². The molecule has 0 spiro atoms. The van der Waals surface area contributed by atoms with Crippen LogP contribution in [-0.4, -0.2) is 43.1 Å². The normalized spacial score (nSPS) is 17.7. The van der Waals surface area contributed by atoms with Gasteiger partial charge in [0.1, 0.15) is 17.5 Å². The zero-order valence-corrected chi connectivity index (χ0v) is 17.2. The van der Waals surface area contributed by atoms with Crippen molar-refractivity contribution in [2.45, 2.75) is 25.2 Å². The summed E-state index contributed by atoms with van der Waals surface area (Å²) in [6, 6.07) is 3.32. The summed E-state index contributed by atoms with van der Waals surface area (Å²) in [5.41, 5.74) is -1.38. The first-order valence-electron chi connectivity index (χ1n) is 8.75. The highest BCUT2D eigenvalue weighted by Crippen LogP contribution is 2.35. The molecule has 30 heavy (non-hydrogen) atoms. The van der Waals surface area contributed by atoms with Crippen LogP contribution >= 0.6 is 11.6 Å². The largest absolute Gasteiger partial charge is 0.417 e. The molecule has 0 N–H and O–H groups in total. The minimum atomic E-state index is -4.60. The van der Waals surface area contributed by atoms with Crippen molar-refractivity contribution >= 4 is 27.4 Å². The fourth-order valence-electron chi connectivity index (χ4n) is 3.34. The van der Waals surface area contributed by atoms with E-state index < -0.39 is 46.0 Å². The van der Waals surface area contributed by atoms with Crippen LogP contribution in [0.25, 0.3) is 0 Å². The zero-order valence-electron chi connectivity index (χ0n) is 15.6. The summed E-state index contributed by atoms with van der Waals surface area (Å²) < 4.78 is 92.0. The lowest BCUT2D eigenvalue weighted by atomic mass is 10.1. The van der Waals surface area contributed by atoms with Crippen LogP contribution in [-0.2, 0) is 22.7 Å². The Kier molecular flexibility index (Phi) is 6.26. The predicted octanol–water partition coefficient (Wildman–Crippen LogP) is 4.07. The number of hydrogen-bond acceptors (Lipinski definition) is 4. The van der Waals surface area contributed by atoms with Crippen LogP contribution in [0.5, 0.6) is 0 Å². The van der Waals surface area contributed by atoms with Crippen LogP contribution in [0.15, 0.2) is 30.5 Å². The van der Waals surface area contributed by atoms with E-state index in [4.69, 9.17) is 11.6 Å². The molecule has 0 amide bonds. The number of benzene rings is 1. The van der Waals surface area contributed by atoms with E-state index in [2.05, 4.69) is 4.98 Å². The lowest BCUT2D eigenvalue weighted by Crippen LogP contribution is -2.41. The molecular weight excluding hydrogens is 453 g/mol. The number of sulfonamides is 1. The van der Waals surface area contributed by atoms with Gasteiger partial charge in [0, 0.05) is 37.4 Å². The average Bonchev–Trinajstić information content (AvgIpc) is 3.08. The molecule has 1 aromatic carbocycles. The Bertz CT molecular complexity index is 1030. The highest BCUT2D eigenvalue weighted by atomic mass is 35.5. The molecule has 0 aliphatic carbocycles. The third kappa shape index (κ3) is 4.84. The summed E-state index contributed by atoms with van der Waals surface area (Å²) in [6.07, 6.45) is -2.74. The van der Waals surface area contributed by atoms with Crippen LogP contribution in [0.3, 0.4) is 0 Å². The second-order valence-electron chi connectivity index (χ2n) is 6.92. The molecule has 12 heteroatoms. The molecule has 5 nitrogen and oxygen atoms in total. The van der Waals surface area contributed by atoms with Crippen molar-refractivity contribution in [3.63, 3.8) is 0 Å². The number of pyridine rings is 1. The number of anilines is 1. The van der Waals surface area contributed by atoms with E-state index in [1.165, 1.54) is 6.07 Å². The molecule has 2 heterocycles. The van der Waals surface area contributed by atoms with Gasteiger partial charge in [0.2, 0.25) is 10.0 Å². The fraction of sp³-hybridized carbons (Fsp3) is 0.389. The van der Waals surface area contributed by atoms with Crippen molar-refractivity contribution in [1.82, 2.24) is 9.29 Å². The molecule has 1 saturated heterocycles. The predicted molar refractivity (Wildman–Crippen MR) is 102 cm³/mol. The Labute approximate surface area is 175 Å². The van der Waals surface area contributed by atoms with Crippen LogP contribution in [0, 0.1) is 11.6 Å². The smallest absolute Gasteiger partial charge is 0.354 e. The standard InChI is InChI=1S/C18H17ClF5N3O2S/c1-30(28,29)27(10-13-15(20)3-2-4-16(13)21)12-5-6-26(9-12)17-14(19)7-11(8-25-17)18(22,23)24/h2-4,7-8,12H,5-6,9-10H2,1H3/t12-/m0/s1. The van der Waals surface area contributed by atoms with E-state index in [9.17, 15) is 30.4 Å². The van der Waals surface area contributed by atoms with Crippen LogP contribution in [0.1, 0.15) is 17.5 Å². The van der Waals surface area contributed by atoms with E-state index in [-0.39, 0.29) is 35.9 Å². The van der Waals surface area contributed by atoms with E-state index >= 15 is 0 Å². The van der Waals surface area contributed by atoms with Gasteiger partial charge < -0.3 is 4.90 Å². The van der Waals surface area contributed by atoms with Crippen molar-refractivity contribution in [2.75, 3.05) is 24.2 Å². The van der Waals surface area contributed by atoms with Crippen LogP contribution < -0.4 is 4.90 Å². The Balaban J connectivity index is 1.84. The maximum Gasteiger partial charge on any atom is 0.417 e. The summed E-state index contributed by atoms with van der Waals surface area (Å²) in [4.78, 5) is 5.33. The van der Waals surface area contributed by atoms with Gasteiger partial charge in [-0.25, -0.2) is 22.2 Å². The third-order valence-electron chi connectivity index (χ3n) is 4.82. The fourth-order valence-corrected chi connectivity index (χ4v) is 4.71. The quantitative estimate of drug-likeness (QED) is 0.619. The Morgan fingerprint density at radius 1 is 1.27 bits per heavy atom. The second kappa shape index (κ2) is 8.27. The first kappa shape index (κ1) is 22.7. The summed E-state index contributed by atoms with van der Waals surface area (Å²) in [5.74, 6) is -1.66. The molecule has 164 valence electrons. The molecule has 1 aliphatic rings. The van der Waals surface area contributed by atoms with Gasteiger partial charge in [-0.15, -0.1) is 0 Å². The van der Waals surface area contributed by atoms with Crippen LogP contribution in [0.2, 0.25) is 5.02 Å². The minimum absolute atomic E-state index is 0.0568. The molecule has 0 bridgehead atoms. The molecule has 0 saturated carbocycles. The van der Waals surface area contributed by atoms with E-state index in [1.807, 2.05) is 0 Å². The summed E-state index contributed by atoms with van der Waals surface area (Å²) in [6.45, 7) is -0.195. The Hall–Kier alpha value is -1.98. The first-order valence-corrected chi connectivity index (χ1v) is 11.0. The lowest BCUT2D eigenvalue weighted by molar-refractivity contribution is -0.137. The van der Waals surface area contributed by atoms with E-state index in [0.29, 0.717) is 6.20 Å². The van der Waals surface area contributed by atoms with Gasteiger partial charge in [0.05, 0.1) is 16.8 Å². The number of aromatic nitrogens is 1. The summed E-state index contributed by atoms with van der Waals surface area (Å²) in [7, 11) is -3.85. The molecule has 0 radical (unpaired) electrons. The first-order chi connectivity index (χ1) is 13.9. The second-order valence-corrected chi connectivity index (χ2v) is 9.27. The van der Waals surface area contributed by atoms with Crippen molar-refractivity contribution in [2.24, 2.45) is 0 Å². The van der Waals surface area contributed by atoms with E-state index in [0.717, 1.165) is 28.8 Å². The maximum atomic E-state index is 14.0. The molecular formula is C18H17ClF5N3O2S. The number of nitrogens with zero attached hydrogens (tertiary/aromatic N) is 3. The van der Waals surface area contributed by atoms with Gasteiger partial charge in [-0.1, -0.05) is 17.7 Å². The Morgan fingerprint density at radius 2 is 1.90 bits per heavy atom. The number of alkyl halides is 3. The highest BCUT2D eigenvalue weighted by molar-refractivity contribution is 7.88. The number of halogens is 6. The number of rotatable bonds is 5. The summed E-state index contributed by atoms with van der Waals surface area (Å²) in [5, 5.41) is -0.225. The highest BCUT2D eigenvalue weighted by Gasteiger charge is 2.36. The molecule has 1 atom stereocenters. The molecule has 1 fully saturated rings. The topological polar surface area (TPSA) is 53.5 Å². The molecule has 1 aromatic heterocycles. The van der Waals surface area contributed by atoms with Crippen LogP contribution in [0.4, 0.5) is 27.8 Å². The maximum absolute atomic E-state index is 14.0. The zero-order chi connectivity index (χ0) is 22.3. The van der Waals surface area contributed by atoms with Gasteiger partial charge in [0.25, 0.3) is 0 Å². The summed E-state index contributed by atoms with van der Waals surface area (Å²) >= 11 is 5.97. The molecule has 0 unspecified atom stereocenters. The lowest BCUT2D eigenvalue weighted by Gasteiger charge is -2.27. The van der Waals surface area contributed by atoms with Crippen molar-refractivity contribution in [3.05, 3.63) is 58.2 Å². The number of hydrogen-bond donors (Lipinski definition) is 0. The average molecular weight is 470 g/mol. The SMILES string of the molecule is CS(=O)(=O)N(Cc1c(F)cccc1F)[C@H]1CCN(c2ncc(C(F)(F)F)cc2Cl)C1. The van der Waals surface area contributed by atoms with Gasteiger partial charge in [-0.05, 0) is 24.6 Å². The molecule has 3 rings (SSSR count). The van der Waals surface area contributed by atoms with Gasteiger partial charge in [-0.2, -0.15) is 17.5 Å². The van der Waals surface area contributed by atoms with Gasteiger partial charge in [-0.3, -0.25) is 0 Å². The monoisotopic (exact) mass is 469 g/mol. The van der Waals surface area contributed by atoms with Crippen molar-refractivity contribution < 1.29 is 30.4 Å².